The lowest BCUT2D eigenvalue weighted by atomic mass is 9.78. The van der Waals surface area contributed by atoms with Gasteiger partial charge in [0, 0.05) is 39.2 Å². The Morgan fingerprint density at radius 3 is 2.75 bits per heavy atom. The highest BCUT2D eigenvalue weighted by molar-refractivity contribution is 6.01. The van der Waals surface area contributed by atoms with Gasteiger partial charge in [-0.15, -0.1) is 0 Å². The molecule has 0 aromatic heterocycles. The number of benzene rings is 1. The van der Waals surface area contributed by atoms with Crippen molar-refractivity contribution < 1.29 is 18.7 Å². The lowest BCUT2D eigenvalue weighted by Crippen LogP contribution is -2.43. The van der Waals surface area contributed by atoms with E-state index in [9.17, 15) is 14.0 Å². The number of amides is 2. The average Bonchev–Trinajstić information content (AvgIpc) is 2.95. The summed E-state index contributed by atoms with van der Waals surface area (Å²) in [4.78, 5) is 29.3. The number of morpholine rings is 1. The molecular weight excluding hydrogens is 313 g/mol. The quantitative estimate of drug-likeness (QED) is 0.894. The molecule has 1 fully saturated rings. The van der Waals surface area contributed by atoms with Gasteiger partial charge in [0.2, 0.25) is 5.91 Å². The monoisotopic (exact) mass is 333 g/mol. The molecule has 2 aliphatic rings. The molecule has 7 heteroatoms. The predicted octanol–water partition coefficient (Wildman–Crippen LogP) is 1.04. The maximum Gasteiger partial charge on any atom is 0.258 e. The molecule has 6 nitrogen and oxygen atoms in total. The Balaban J connectivity index is 1.90. The molecule has 0 aliphatic carbocycles. The van der Waals surface area contributed by atoms with Crippen LogP contribution in [0.3, 0.4) is 0 Å². The molecule has 1 N–H and O–H groups in total. The van der Waals surface area contributed by atoms with Crippen LogP contribution in [0.4, 0.5) is 10.1 Å². The first-order chi connectivity index (χ1) is 11.5. The van der Waals surface area contributed by atoms with E-state index in [1.807, 2.05) is 4.90 Å². The van der Waals surface area contributed by atoms with E-state index in [0.29, 0.717) is 44.0 Å². The molecule has 2 amide bonds. The molecule has 0 radical (unpaired) electrons. The highest BCUT2D eigenvalue weighted by Crippen LogP contribution is 2.34. The minimum Gasteiger partial charge on any atom is -0.378 e. The molecule has 128 valence electrons. The van der Waals surface area contributed by atoms with E-state index in [1.54, 1.807) is 12.1 Å². The first-order valence-corrected chi connectivity index (χ1v) is 7.97. The maximum atomic E-state index is 14.7. The summed E-state index contributed by atoms with van der Waals surface area (Å²) in [5, 5.41) is 2.67. The van der Waals surface area contributed by atoms with Gasteiger partial charge in [-0.1, -0.05) is 6.07 Å². The number of nitrogens with one attached hydrogen (secondary N) is 1. The summed E-state index contributed by atoms with van der Waals surface area (Å²) < 4.78 is 19.9. The second-order valence-corrected chi connectivity index (χ2v) is 6.08. The number of hydrogen-bond donors (Lipinski definition) is 1. The number of ether oxygens (including phenoxy) is 1. The topological polar surface area (TPSA) is 71.0 Å². The van der Waals surface area contributed by atoms with Crippen molar-refractivity contribution in [2.45, 2.75) is 18.8 Å². The van der Waals surface area contributed by atoms with E-state index in [1.165, 1.54) is 19.2 Å². The van der Waals surface area contributed by atoms with Gasteiger partial charge in [0.1, 0.15) is 5.82 Å². The highest BCUT2D eigenvalue weighted by atomic mass is 19.1. The van der Waals surface area contributed by atoms with E-state index in [-0.39, 0.29) is 24.2 Å². The molecular formula is C17H20FN3O3. The third-order valence-electron chi connectivity index (χ3n) is 4.55. The van der Waals surface area contributed by atoms with Crippen LogP contribution in [-0.4, -0.2) is 50.9 Å². The van der Waals surface area contributed by atoms with E-state index in [4.69, 9.17) is 4.74 Å². The van der Waals surface area contributed by atoms with Crippen LogP contribution in [0.2, 0.25) is 0 Å². The number of halogens is 1. The van der Waals surface area contributed by atoms with Crippen LogP contribution >= 0.6 is 0 Å². The molecule has 1 aromatic carbocycles. The summed E-state index contributed by atoms with van der Waals surface area (Å²) in [7, 11) is 0. The van der Waals surface area contributed by atoms with Crippen LogP contribution in [0.5, 0.6) is 0 Å². The van der Waals surface area contributed by atoms with Crippen molar-refractivity contribution in [3.8, 4) is 0 Å². The zero-order chi connectivity index (χ0) is 17.2. The average molecular weight is 333 g/mol. The summed E-state index contributed by atoms with van der Waals surface area (Å²) in [6.45, 7) is 3.90. The van der Waals surface area contributed by atoms with Gasteiger partial charge in [-0.2, -0.15) is 0 Å². The Labute approximate surface area is 139 Å². The van der Waals surface area contributed by atoms with Gasteiger partial charge in [0.25, 0.3) is 5.91 Å². The van der Waals surface area contributed by atoms with Gasteiger partial charge in [-0.3, -0.25) is 9.59 Å². The molecule has 1 atom stereocenters. The molecule has 2 heterocycles. The molecule has 0 unspecified atom stereocenters. The fraction of sp³-hybridized carbons (Fsp3) is 0.471. The summed E-state index contributed by atoms with van der Waals surface area (Å²) in [6.07, 6.45) is 1.88. The predicted molar refractivity (Wildman–Crippen MR) is 87.9 cm³/mol. The van der Waals surface area contributed by atoms with Crippen LogP contribution in [0, 0.1) is 5.82 Å². The van der Waals surface area contributed by atoms with Crippen LogP contribution in [0.15, 0.2) is 23.2 Å². The fourth-order valence-corrected chi connectivity index (χ4v) is 3.13. The van der Waals surface area contributed by atoms with E-state index in [0.717, 1.165) is 0 Å². The fourth-order valence-electron chi connectivity index (χ4n) is 3.13. The zero-order valence-electron chi connectivity index (χ0n) is 13.5. The first-order valence-electron chi connectivity index (χ1n) is 7.97. The minimum absolute atomic E-state index is 0.109. The number of hydrogen-bond acceptors (Lipinski definition) is 4. The second-order valence-electron chi connectivity index (χ2n) is 6.08. The van der Waals surface area contributed by atoms with Crippen molar-refractivity contribution in [2.75, 3.05) is 37.7 Å². The molecule has 3 rings (SSSR count). The molecule has 1 aromatic rings. The molecule has 24 heavy (non-hydrogen) atoms. The number of carbonyl (C=O) groups is 2. The van der Waals surface area contributed by atoms with Gasteiger partial charge in [0.15, 0.2) is 0 Å². The van der Waals surface area contributed by atoms with Crippen molar-refractivity contribution in [2.24, 2.45) is 4.99 Å². The van der Waals surface area contributed by atoms with Gasteiger partial charge >= 0.3 is 0 Å². The minimum atomic E-state index is -1.02. The highest BCUT2D eigenvalue weighted by Gasteiger charge is 2.43. The van der Waals surface area contributed by atoms with Crippen molar-refractivity contribution in [1.82, 2.24) is 5.32 Å². The molecule has 2 aliphatic heterocycles. The maximum absolute atomic E-state index is 14.7. The van der Waals surface area contributed by atoms with Crippen molar-refractivity contribution in [3.63, 3.8) is 0 Å². The Bertz CT molecular complexity index is 686. The molecule has 0 spiro atoms. The van der Waals surface area contributed by atoms with Crippen molar-refractivity contribution >= 4 is 23.7 Å². The number of carbonyl (C=O) groups excluding carboxylic acids is 2. The standard InChI is InChI=1S/C17H20FN3O3/c1-12(22)20-11-17(4-5-19-16(17)23)13-2-3-15(14(18)10-13)21-6-8-24-9-7-21/h2-3,5,10H,4,6-9,11H2,1H3,(H,20,22)/t17-/m1/s1. The Hall–Kier alpha value is -2.28. The SMILES string of the molecule is CC(=O)NC[C@@]1(c2ccc(N3CCOCC3)c(F)c2)CC=NC1=O. The normalized spacial score (nSPS) is 23.6. The number of anilines is 1. The molecule has 0 saturated carbocycles. The van der Waals surface area contributed by atoms with Crippen LogP contribution in [0.25, 0.3) is 0 Å². The lowest BCUT2D eigenvalue weighted by molar-refractivity contribution is -0.123. The van der Waals surface area contributed by atoms with Gasteiger partial charge < -0.3 is 15.0 Å². The Morgan fingerprint density at radius 1 is 1.42 bits per heavy atom. The second kappa shape index (κ2) is 6.68. The number of nitrogens with zero attached hydrogens (tertiary/aromatic N) is 2. The summed E-state index contributed by atoms with van der Waals surface area (Å²) in [5.41, 5.74) is 0.0205. The number of aliphatic imine (C=N–C) groups is 1. The van der Waals surface area contributed by atoms with E-state index >= 15 is 0 Å². The van der Waals surface area contributed by atoms with Crippen LogP contribution in [0.1, 0.15) is 18.9 Å². The molecule has 0 bridgehead atoms. The van der Waals surface area contributed by atoms with Crippen LogP contribution in [-0.2, 0) is 19.7 Å². The Kier molecular flexibility index (Phi) is 4.62. The summed E-state index contributed by atoms with van der Waals surface area (Å²) >= 11 is 0. The smallest absolute Gasteiger partial charge is 0.258 e. The van der Waals surface area contributed by atoms with Gasteiger partial charge in [-0.25, -0.2) is 9.38 Å². The lowest BCUT2D eigenvalue weighted by Gasteiger charge is -2.31. The summed E-state index contributed by atoms with van der Waals surface area (Å²) in [6, 6.07) is 4.83. The zero-order valence-corrected chi connectivity index (χ0v) is 13.5. The first kappa shape index (κ1) is 16.6. The van der Waals surface area contributed by atoms with E-state index < -0.39 is 5.41 Å². The van der Waals surface area contributed by atoms with E-state index in [2.05, 4.69) is 10.3 Å². The summed E-state index contributed by atoms with van der Waals surface area (Å²) in [5.74, 6) is -0.967. The number of rotatable bonds is 4. The van der Waals surface area contributed by atoms with Gasteiger partial charge in [0.05, 0.1) is 24.3 Å². The third kappa shape index (κ3) is 3.03. The largest absolute Gasteiger partial charge is 0.378 e. The third-order valence-corrected chi connectivity index (χ3v) is 4.55. The van der Waals surface area contributed by atoms with Crippen molar-refractivity contribution in [3.05, 3.63) is 29.6 Å². The van der Waals surface area contributed by atoms with Crippen molar-refractivity contribution in [1.29, 1.82) is 0 Å². The molecule has 1 saturated heterocycles. The van der Waals surface area contributed by atoms with Gasteiger partial charge in [-0.05, 0) is 17.7 Å². The van der Waals surface area contributed by atoms with Crippen LogP contribution < -0.4 is 10.2 Å². The Morgan fingerprint density at radius 2 is 2.17 bits per heavy atom.